The number of imide groups is 1. The second kappa shape index (κ2) is 6.78. The third kappa shape index (κ3) is 4.07. The first-order chi connectivity index (χ1) is 10.3. The minimum Gasteiger partial charge on any atom is -0.447 e. The third-order valence-corrected chi connectivity index (χ3v) is 7.10. The number of nitrogens with zero attached hydrogens (tertiary/aromatic N) is 1. The number of rotatable bonds is 4. The van der Waals surface area contributed by atoms with Crippen LogP contribution >= 0.6 is 7.92 Å². The minimum absolute atomic E-state index is 0.101. The lowest BCUT2D eigenvalue weighted by Crippen LogP contribution is -2.42. The lowest BCUT2D eigenvalue weighted by atomic mass is 10.1. The van der Waals surface area contributed by atoms with Crippen LogP contribution in [0.25, 0.3) is 0 Å². The molecule has 1 heterocycles. The molecule has 2 rings (SSSR count). The van der Waals surface area contributed by atoms with E-state index in [0.29, 0.717) is 12.6 Å². The predicted molar refractivity (Wildman–Crippen MR) is 89.6 cm³/mol. The Morgan fingerprint density at radius 3 is 2.55 bits per heavy atom. The number of ether oxygens (including phenoxy) is 1. The molecule has 0 bridgehead atoms. The first kappa shape index (κ1) is 17.0. The van der Waals surface area contributed by atoms with Gasteiger partial charge in [0.05, 0.1) is 6.04 Å². The van der Waals surface area contributed by atoms with Crippen LogP contribution in [0.3, 0.4) is 0 Å². The lowest BCUT2D eigenvalue weighted by molar-refractivity contribution is -0.126. The van der Waals surface area contributed by atoms with Gasteiger partial charge in [0.2, 0.25) is 5.91 Å². The Labute approximate surface area is 133 Å². The van der Waals surface area contributed by atoms with E-state index in [2.05, 4.69) is 27.4 Å². The van der Waals surface area contributed by atoms with Crippen molar-refractivity contribution in [2.45, 2.75) is 38.4 Å². The summed E-state index contributed by atoms with van der Waals surface area (Å²) in [5, 5.41) is 0.101. The van der Waals surface area contributed by atoms with Crippen molar-refractivity contribution in [3.05, 3.63) is 35.9 Å². The molecule has 2 atom stereocenters. The maximum absolute atomic E-state index is 12.6. The van der Waals surface area contributed by atoms with Crippen molar-refractivity contribution in [3.63, 3.8) is 0 Å². The fraction of sp³-hybridized carbons (Fsp3) is 0.529. The van der Waals surface area contributed by atoms with Crippen LogP contribution in [0.15, 0.2) is 30.3 Å². The quantitative estimate of drug-likeness (QED) is 0.798. The second-order valence-corrected chi connectivity index (χ2v) is 9.76. The number of carbonyl (C=O) groups excluding carboxylic acids is 2. The summed E-state index contributed by atoms with van der Waals surface area (Å²) in [5.41, 5.74) is 1.11. The van der Waals surface area contributed by atoms with E-state index in [4.69, 9.17) is 4.74 Å². The number of benzene rings is 1. The fourth-order valence-electron chi connectivity index (χ4n) is 2.32. The summed E-state index contributed by atoms with van der Waals surface area (Å²) in [6.07, 6.45) is 0.581. The Morgan fingerprint density at radius 2 is 1.95 bits per heavy atom. The van der Waals surface area contributed by atoms with Gasteiger partial charge in [0, 0.05) is 6.16 Å². The van der Waals surface area contributed by atoms with E-state index >= 15 is 0 Å². The largest absolute Gasteiger partial charge is 0.447 e. The van der Waals surface area contributed by atoms with E-state index in [9.17, 15) is 9.59 Å². The van der Waals surface area contributed by atoms with E-state index in [0.717, 1.165) is 5.56 Å². The summed E-state index contributed by atoms with van der Waals surface area (Å²) in [6.45, 7) is 8.80. The molecule has 0 N–H and O–H groups in total. The summed E-state index contributed by atoms with van der Waals surface area (Å²) < 4.78 is 5.11. The van der Waals surface area contributed by atoms with Gasteiger partial charge in [-0.25, -0.2) is 9.69 Å². The van der Waals surface area contributed by atoms with Crippen molar-refractivity contribution in [3.8, 4) is 0 Å². The lowest BCUT2D eigenvalue weighted by Gasteiger charge is -2.29. The second-order valence-electron chi connectivity index (χ2n) is 6.71. The Balaban J connectivity index is 2.06. The normalized spacial score (nSPS) is 19.9. The minimum atomic E-state index is -0.497. The molecule has 0 aromatic heterocycles. The highest BCUT2D eigenvalue weighted by Gasteiger charge is 2.38. The maximum atomic E-state index is 12.6. The molecule has 1 aliphatic heterocycles. The van der Waals surface area contributed by atoms with Crippen LogP contribution in [0.5, 0.6) is 0 Å². The van der Waals surface area contributed by atoms with Crippen LogP contribution in [0.1, 0.15) is 26.3 Å². The molecular formula is C17H24NO3P. The number of carbonyl (C=O) groups is 2. The van der Waals surface area contributed by atoms with E-state index in [1.807, 2.05) is 30.3 Å². The molecule has 0 aliphatic carbocycles. The SMILES string of the molecule is C[P@](CC(=O)N1C(=O)OCC1Cc1ccccc1)C(C)(C)C. The Bertz CT molecular complexity index is 539. The summed E-state index contributed by atoms with van der Waals surface area (Å²) in [6, 6.07) is 9.70. The molecule has 22 heavy (non-hydrogen) atoms. The van der Waals surface area contributed by atoms with E-state index in [1.54, 1.807) is 0 Å². The molecule has 0 radical (unpaired) electrons. The standard InChI is InChI=1S/C17H24NO3P/c1-17(2,3)22(4)12-15(19)18-14(11-21-16(18)20)10-13-8-6-5-7-9-13/h5-9,14H,10-12H2,1-4H3/t14?,22-/m1/s1. The molecule has 1 aromatic carbocycles. The average Bonchev–Trinajstić information content (AvgIpc) is 2.79. The van der Waals surface area contributed by atoms with Crippen molar-refractivity contribution >= 4 is 19.9 Å². The van der Waals surface area contributed by atoms with Crippen molar-refractivity contribution in [2.24, 2.45) is 0 Å². The highest BCUT2D eigenvalue weighted by Crippen LogP contribution is 2.45. The number of hydrogen-bond acceptors (Lipinski definition) is 3. The molecule has 4 nitrogen and oxygen atoms in total. The molecule has 1 unspecified atom stereocenters. The zero-order valence-electron chi connectivity index (χ0n) is 13.7. The van der Waals surface area contributed by atoms with Gasteiger partial charge < -0.3 is 4.74 Å². The van der Waals surface area contributed by atoms with Crippen LogP contribution < -0.4 is 0 Å². The molecule has 2 amide bonds. The van der Waals surface area contributed by atoms with Gasteiger partial charge in [-0.1, -0.05) is 59.0 Å². The van der Waals surface area contributed by atoms with Gasteiger partial charge in [0.15, 0.2) is 0 Å². The summed E-state index contributed by atoms with van der Waals surface area (Å²) in [7, 11) is -0.473. The van der Waals surface area contributed by atoms with Gasteiger partial charge in [-0.05, 0) is 23.8 Å². The zero-order valence-corrected chi connectivity index (χ0v) is 14.6. The molecule has 1 aromatic rings. The molecular weight excluding hydrogens is 297 g/mol. The predicted octanol–water partition coefficient (Wildman–Crippen LogP) is 3.49. The third-order valence-electron chi connectivity index (χ3n) is 4.06. The first-order valence-corrected chi connectivity index (χ1v) is 9.50. The van der Waals surface area contributed by atoms with E-state index < -0.39 is 14.0 Å². The summed E-state index contributed by atoms with van der Waals surface area (Å²) in [4.78, 5) is 25.8. The van der Waals surface area contributed by atoms with Crippen molar-refractivity contribution in [1.29, 1.82) is 0 Å². The van der Waals surface area contributed by atoms with Crippen molar-refractivity contribution in [1.82, 2.24) is 4.90 Å². The van der Waals surface area contributed by atoms with Gasteiger partial charge in [-0.3, -0.25) is 4.79 Å². The van der Waals surface area contributed by atoms with Gasteiger partial charge in [0.25, 0.3) is 0 Å². The van der Waals surface area contributed by atoms with Crippen LogP contribution in [0, 0.1) is 0 Å². The van der Waals surface area contributed by atoms with Crippen LogP contribution in [0.2, 0.25) is 0 Å². The molecule has 0 saturated carbocycles. The average molecular weight is 321 g/mol. The number of cyclic esters (lactones) is 1. The van der Waals surface area contributed by atoms with E-state index in [-0.39, 0.29) is 23.7 Å². The Kier molecular flexibility index (Phi) is 5.23. The highest BCUT2D eigenvalue weighted by atomic mass is 31.1. The number of amides is 2. The summed E-state index contributed by atoms with van der Waals surface area (Å²) in [5.74, 6) is -0.105. The zero-order chi connectivity index (χ0) is 16.3. The molecule has 1 saturated heterocycles. The first-order valence-electron chi connectivity index (χ1n) is 7.53. The maximum Gasteiger partial charge on any atom is 0.416 e. The van der Waals surface area contributed by atoms with E-state index in [1.165, 1.54) is 4.90 Å². The van der Waals surface area contributed by atoms with Crippen molar-refractivity contribution < 1.29 is 14.3 Å². The smallest absolute Gasteiger partial charge is 0.416 e. The molecule has 0 spiro atoms. The Morgan fingerprint density at radius 1 is 1.32 bits per heavy atom. The molecule has 1 aliphatic rings. The van der Waals surface area contributed by atoms with Gasteiger partial charge in [-0.2, -0.15) is 0 Å². The van der Waals surface area contributed by atoms with Crippen LogP contribution in [-0.2, 0) is 16.0 Å². The molecule has 1 fully saturated rings. The van der Waals surface area contributed by atoms with Gasteiger partial charge in [0.1, 0.15) is 6.61 Å². The van der Waals surface area contributed by atoms with Gasteiger partial charge in [-0.15, -0.1) is 0 Å². The highest BCUT2D eigenvalue weighted by molar-refractivity contribution is 7.59. The number of hydrogen-bond donors (Lipinski definition) is 0. The summed E-state index contributed by atoms with van der Waals surface area (Å²) >= 11 is 0. The topological polar surface area (TPSA) is 46.6 Å². The molecule has 120 valence electrons. The van der Waals surface area contributed by atoms with Gasteiger partial charge >= 0.3 is 6.09 Å². The van der Waals surface area contributed by atoms with Crippen LogP contribution in [-0.4, -0.2) is 47.5 Å². The van der Waals surface area contributed by atoms with Crippen LogP contribution in [0.4, 0.5) is 4.79 Å². The molecule has 5 heteroatoms. The van der Waals surface area contributed by atoms with Crippen molar-refractivity contribution in [2.75, 3.05) is 19.4 Å². The Hall–Kier alpha value is -1.41. The monoisotopic (exact) mass is 321 g/mol. The fourth-order valence-corrected chi connectivity index (χ4v) is 3.35.